The molecule has 1 saturated carbocycles. The van der Waals surface area contributed by atoms with Gasteiger partial charge in [-0.25, -0.2) is 0 Å². The maximum absolute atomic E-state index is 5.34. The summed E-state index contributed by atoms with van der Waals surface area (Å²) in [5.74, 6) is 2.73. The van der Waals surface area contributed by atoms with Crippen LogP contribution in [0.1, 0.15) is 75.0 Å². The number of nitrogens with zero attached hydrogens (tertiary/aromatic N) is 1. The van der Waals surface area contributed by atoms with E-state index < -0.39 is 0 Å². The van der Waals surface area contributed by atoms with E-state index in [0.29, 0.717) is 29.0 Å². The molecule has 0 spiro atoms. The molecule has 6 unspecified atom stereocenters. The Kier molecular flexibility index (Phi) is 11.1. The largest absolute Gasteiger partial charge is 4.00 e. The topological polar surface area (TPSA) is 14.1 Å². The van der Waals surface area contributed by atoms with Crippen molar-refractivity contribution in [3.05, 3.63) is 86.8 Å². The predicted octanol–water partition coefficient (Wildman–Crippen LogP) is 9.17. The summed E-state index contributed by atoms with van der Waals surface area (Å²) in [5.41, 5.74) is 6.01. The monoisotopic (exact) mass is 483 g/mol. The van der Waals surface area contributed by atoms with Gasteiger partial charge >= 0.3 is 21.7 Å². The first-order valence-electron chi connectivity index (χ1n) is 11.3. The number of hydrogen-bond acceptors (Lipinski definition) is 1. The normalized spacial score (nSPS) is 29.0. The van der Waals surface area contributed by atoms with Crippen LogP contribution in [0.3, 0.4) is 0 Å². The van der Waals surface area contributed by atoms with E-state index in [2.05, 4.69) is 75.0 Å². The Morgan fingerprint density at radius 2 is 1.56 bits per heavy atom. The van der Waals surface area contributed by atoms with Gasteiger partial charge in [0.05, 0.1) is 0 Å². The van der Waals surface area contributed by atoms with Gasteiger partial charge in [-0.2, -0.15) is 0 Å². The first-order valence-corrected chi connectivity index (χ1v) is 12.1. The third kappa shape index (κ3) is 4.89. The van der Waals surface area contributed by atoms with Crippen LogP contribution >= 0.6 is 11.8 Å². The van der Waals surface area contributed by atoms with Crippen LogP contribution in [0.4, 0.5) is 5.69 Å². The van der Waals surface area contributed by atoms with Gasteiger partial charge in [0, 0.05) is 16.1 Å². The molecule has 0 radical (unpaired) electrons. The van der Waals surface area contributed by atoms with Crippen molar-refractivity contribution in [3.8, 4) is 0 Å². The molecule has 0 amide bonds. The fraction of sp³-hybridized carbons (Fsp3) is 0.483. The number of hydrogen-bond donors (Lipinski definition) is 0. The van der Waals surface area contributed by atoms with Crippen LogP contribution in [0.5, 0.6) is 0 Å². The number of aryl methyl sites for hydroxylation is 1. The number of fused-ring (bicyclic) bond motifs is 4. The van der Waals surface area contributed by atoms with Crippen LogP contribution in [-0.4, -0.2) is 11.3 Å². The van der Waals surface area contributed by atoms with Gasteiger partial charge in [0.1, 0.15) is 0 Å². The van der Waals surface area contributed by atoms with Gasteiger partial charge in [0.25, 0.3) is 0 Å². The molecule has 2 aromatic rings. The summed E-state index contributed by atoms with van der Waals surface area (Å²) in [6, 6.07) is 16.7. The smallest absolute Gasteiger partial charge is 0.681 e. The standard InChI is InChI=1S/C26H32NS.3CH3.Ti/c1-4-5-10-19-15-14-18-9-8-12-21(25(18)27-19)24-17(3)16(2)23-20-11-6-7-13-22(20)28-26(23)24;;;;/h6-9,11-13,16-17,19,23-24,26H,4-5,10,14-15H2,1-3H3;3*1H3;/q4*-1;+4. The molecule has 2 aliphatic heterocycles. The Bertz CT molecular complexity index is 866. The van der Waals surface area contributed by atoms with E-state index in [-0.39, 0.29) is 44.0 Å². The maximum atomic E-state index is 5.34. The molecule has 3 heteroatoms. The second-order valence-corrected chi connectivity index (χ2v) is 10.4. The predicted molar refractivity (Wildman–Crippen MR) is 140 cm³/mol. The minimum absolute atomic E-state index is 0. The number of thioether (sulfide) groups is 1. The summed E-state index contributed by atoms with van der Waals surface area (Å²) in [4.78, 5) is 1.52. The molecule has 2 heterocycles. The molecule has 1 fully saturated rings. The Labute approximate surface area is 217 Å². The molecule has 1 nitrogen and oxygen atoms in total. The first-order chi connectivity index (χ1) is 13.7. The summed E-state index contributed by atoms with van der Waals surface area (Å²) < 4.78 is 0. The Hall–Kier alpha value is -0.696. The zero-order valence-corrected chi connectivity index (χ0v) is 23.3. The fourth-order valence-corrected chi connectivity index (χ4v) is 7.88. The molecule has 0 bridgehead atoms. The molecule has 0 N–H and O–H groups in total. The van der Waals surface area contributed by atoms with Crippen LogP contribution in [-0.2, 0) is 28.1 Å². The maximum Gasteiger partial charge on any atom is 4.00 e. The van der Waals surface area contributed by atoms with Gasteiger partial charge in [-0.1, -0.05) is 94.0 Å². The molecular formula is C29H41NSTi. The van der Waals surface area contributed by atoms with Crippen molar-refractivity contribution >= 4 is 17.4 Å². The minimum atomic E-state index is 0. The molecule has 3 aliphatic rings. The van der Waals surface area contributed by atoms with E-state index in [1.54, 1.807) is 11.1 Å². The number of unbranched alkanes of at least 4 members (excludes halogenated alkanes) is 1. The molecular weight excluding hydrogens is 442 g/mol. The van der Waals surface area contributed by atoms with Gasteiger partial charge in [-0.3, -0.25) is 0 Å². The molecule has 0 saturated heterocycles. The van der Waals surface area contributed by atoms with Crippen molar-refractivity contribution in [1.82, 2.24) is 0 Å². The second kappa shape index (κ2) is 12.1. The molecule has 6 atom stereocenters. The van der Waals surface area contributed by atoms with Crippen LogP contribution in [0, 0.1) is 34.1 Å². The number of benzene rings is 2. The Balaban J connectivity index is 0.00000128. The number of rotatable bonds is 4. The van der Waals surface area contributed by atoms with E-state index in [1.807, 2.05) is 0 Å². The van der Waals surface area contributed by atoms with Gasteiger partial charge in [0.15, 0.2) is 0 Å². The second-order valence-electron chi connectivity index (χ2n) is 9.21. The van der Waals surface area contributed by atoms with Crippen LogP contribution in [0.2, 0.25) is 0 Å². The Morgan fingerprint density at radius 1 is 0.906 bits per heavy atom. The van der Waals surface area contributed by atoms with Crippen molar-refractivity contribution in [2.24, 2.45) is 11.8 Å². The summed E-state index contributed by atoms with van der Waals surface area (Å²) in [7, 11) is 0. The molecule has 172 valence electrons. The summed E-state index contributed by atoms with van der Waals surface area (Å²) in [5, 5.41) is 6.01. The average molecular weight is 484 g/mol. The number of para-hydroxylation sites is 1. The molecule has 32 heavy (non-hydrogen) atoms. The molecule has 0 aromatic heterocycles. The quantitative estimate of drug-likeness (QED) is 0.312. The van der Waals surface area contributed by atoms with Crippen LogP contribution in [0.15, 0.2) is 47.4 Å². The van der Waals surface area contributed by atoms with Gasteiger partial charge in [-0.05, 0) is 35.8 Å². The summed E-state index contributed by atoms with van der Waals surface area (Å²) >= 11 is 2.14. The first kappa shape index (κ1) is 29.3. The summed E-state index contributed by atoms with van der Waals surface area (Å²) in [6.45, 7) is 7.27. The van der Waals surface area contributed by atoms with E-state index in [9.17, 15) is 0 Å². The molecule has 5 rings (SSSR count). The minimum Gasteiger partial charge on any atom is -0.681 e. The van der Waals surface area contributed by atoms with Crippen molar-refractivity contribution in [2.45, 2.75) is 80.9 Å². The van der Waals surface area contributed by atoms with E-state index >= 15 is 0 Å². The average Bonchev–Trinajstić information content (AvgIpc) is 3.21. The van der Waals surface area contributed by atoms with Gasteiger partial charge < -0.3 is 27.6 Å². The van der Waals surface area contributed by atoms with E-state index in [0.717, 1.165) is 5.92 Å². The van der Waals surface area contributed by atoms with Crippen molar-refractivity contribution < 1.29 is 21.7 Å². The Morgan fingerprint density at radius 3 is 2.28 bits per heavy atom. The van der Waals surface area contributed by atoms with Gasteiger partial charge in [0.2, 0.25) is 0 Å². The third-order valence-corrected chi connectivity index (χ3v) is 9.16. The van der Waals surface area contributed by atoms with Gasteiger partial charge in [-0.15, -0.1) is 23.5 Å². The van der Waals surface area contributed by atoms with E-state index in [4.69, 9.17) is 5.32 Å². The zero-order valence-electron chi connectivity index (χ0n) is 20.9. The van der Waals surface area contributed by atoms with Crippen LogP contribution < -0.4 is 0 Å². The van der Waals surface area contributed by atoms with Crippen LogP contribution in [0.25, 0.3) is 5.32 Å². The fourth-order valence-electron chi connectivity index (χ4n) is 6.01. The van der Waals surface area contributed by atoms with Crippen molar-refractivity contribution in [1.29, 1.82) is 0 Å². The van der Waals surface area contributed by atoms with E-state index in [1.165, 1.54) is 48.3 Å². The third-order valence-electron chi connectivity index (χ3n) is 7.67. The SMILES string of the molecule is CCCCC1CCc2cccc(C3C(C)C(C)C4c5ccccc5SC43)c2[N-]1.[CH3-].[CH3-].[CH3-].[Ti+4]. The van der Waals surface area contributed by atoms with Crippen molar-refractivity contribution in [3.63, 3.8) is 0 Å². The molecule has 1 aliphatic carbocycles. The van der Waals surface area contributed by atoms with Crippen molar-refractivity contribution in [2.75, 3.05) is 0 Å². The zero-order chi connectivity index (χ0) is 19.3. The molecule has 2 aromatic carbocycles. The summed E-state index contributed by atoms with van der Waals surface area (Å²) in [6.07, 6.45) is 6.28.